The van der Waals surface area contributed by atoms with Crippen molar-refractivity contribution < 1.29 is 0 Å². The Morgan fingerprint density at radius 3 is 2.62 bits per heavy atom. The molecule has 0 aliphatic carbocycles. The molecular weight excluding hydrogens is 280 g/mol. The normalized spacial score (nSPS) is 11.3. The van der Waals surface area contributed by atoms with E-state index < -0.39 is 0 Å². The third kappa shape index (κ3) is 2.28. The van der Waals surface area contributed by atoms with E-state index in [4.69, 9.17) is 11.6 Å². The molecule has 0 amide bonds. The fourth-order valence-corrected chi connectivity index (χ4v) is 2.89. The molecule has 2 nitrogen and oxygen atoms in total. The summed E-state index contributed by atoms with van der Waals surface area (Å²) in [6.07, 6.45) is 0.774. The van der Waals surface area contributed by atoms with Crippen molar-refractivity contribution in [1.29, 1.82) is 0 Å². The largest absolute Gasteiger partial charge is 0.342 e. The Bertz CT molecular complexity index is 940. The summed E-state index contributed by atoms with van der Waals surface area (Å²) in [5, 5.41) is 3.20. The minimum absolute atomic E-state index is 0.688. The standard InChI is InChI=1S/C18H13ClN2/c19-15-6-3-7-16-18(15)21-17(20-16)11-12-8-9-13-4-1-2-5-14(13)10-12/h1-10H,11H2,(H,20,21). The summed E-state index contributed by atoms with van der Waals surface area (Å²) in [5.41, 5.74) is 3.07. The average molecular weight is 293 g/mol. The minimum Gasteiger partial charge on any atom is -0.342 e. The highest BCUT2D eigenvalue weighted by Gasteiger charge is 2.07. The first-order chi connectivity index (χ1) is 10.3. The zero-order valence-electron chi connectivity index (χ0n) is 11.3. The van der Waals surface area contributed by atoms with E-state index >= 15 is 0 Å². The van der Waals surface area contributed by atoms with Crippen molar-refractivity contribution in [2.45, 2.75) is 6.42 Å². The average Bonchev–Trinajstić information content (AvgIpc) is 2.91. The number of hydrogen-bond acceptors (Lipinski definition) is 1. The highest BCUT2D eigenvalue weighted by molar-refractivity contribution is 6.34. The predicted octanol–water partition coefficient (Wildman–Crippen LogP) is 4.96. The van der Waals surface area contributed by atoms with Crippen LogP contribution in [0.25, 0.3) is 21.8 Å². The van der Waals surface area contributed by atoms with Crippen molar-refractivity contribution in [2.75, 3.05) is 0 Å². The Morgan fingerprint density at radius 2 is 1.76 bits per heavy atom. The number of halogens is 1. The minimum atomic E-state index is 0.688. The van der Waals surface area contributed by atoms with Gasteiger partial charge in [-0.3, -0.25) is 0 Å². The lowest BCUT2D eigenvalue weighted by molar-refractivity contribution is 1.04. The second-order valence-electron chi connectivity index (χ2n) is 5.18. The molecule has 0 bridgehead atoms. The van der Waals surface area contributed by atoms with E-state index in [9.17, 15) is 0 Å². The summed E-state index contributed by atoms with van der Waals surface area (Å²) in [5.74, 6) is 0.938. The van der Waals surface area contributed by atoms with Crippen molar-refractivity contribution in [3.63, 3.8) is 0 Å². The Morgan fingerprint density at radius 1 is 0.905 bits per heavy atom. The van der Waals surface area contributed by atoms with Gasteiger partial charge < -0.3 is 4.98 Å². The van der Waals surface area contributed by atoms with Crippen molar-refractivity contribution in [3.05, 3.63) is 77.1 Å². The monoisotopic (exact) mass is 292 g/mol. The molecular formula is C18H13ClN2. The zero-order chi connectivity index (χ0) is 14.2. The number of fused-ring (bicyclic) bond motifs is 2. The number of imidazole rings is 1. The van der Waals surface area contributed by atoms with Gasteiger partial charge in [-0.1, -0.05) is 60.1 Å². The Balaban J connectivity index is 1.73. The summed E-state index contributed by atoms with van der Waals surface area (Å²) in [7, 11) is 0. The summed E-state index contributed by atoms with van der Waals surface area (Å²) in [6, 6.07) is 20.7. The molecule has 1 heterocycles. The van der Waals surface area contributed by atoms with E-state index in [2.05, 4.69) is 52.4 Å². The van der Waals surface area contributed by atoms with Crippen LogP contribution in [0.2, 0.25) is 5.02 Å². The number of nitrogens with zero attached hydrogens (tertiary/aromatic N) is 1. The maximum Gasteiger partial charge on any atom is 0.111 e. The first-order valence-corrected chi connectivity index (χ1v) is 7.28. The molecule has 4 aromatic rings. The number of nitrogens with one attached hydrogen (secondary N) is 1. The summed E-state index contributed by atoms with van der Waals surface area (Å²) in [4.78, 5) is 7.94. The molecule has 0 aliphatic heterocycles. The second kappa shape index (κ2) is 4.90. The maximum absolute atomic E-state index is 6.17. The van der Waals surface area contributed by atoms with Crippen molar-refractivity contribution in [2.24, 2.45) is 0 Å². The lowest BCUT2D eigenvalue weighted by atomic mass is 10.1. The number of para-hydroxylation sites is 1. The Kier molecular flexibility index (Phi) is 2.90. The molecule has 0 saturated carbocycles. The van der Waals surface area contributed by atoms with Crippen LogP contribution in [0.4, 0.5) is 0 Å². The lowest BCUT2D eigenvalue weighted by Gasteiger charge is -2.01. The number of benzene rings is 3. The Labute approximate surface area is 127 Å². The van der Waals surface area contributed by atoms with Gasteiger partial charge in [-0.05, 0) is 28.5 Å². The first kappa shape index (κ1) is 12.4. The fourth-order valence-electron chi connectivity index (χ4n) is 2.67. The van der Waals surface area contributed by atoms with Gasteiger partial charge in [-0.2, -0.15) is 0 Å². The molecule has 0 saturated heterocycles. The summed E-state index contributed by atoms with van der Waals surface area (Å²) >= 11 is 6.17. The van der Waals surface area contributed by atoms with Crippen LogP contribution >= 0.6 is 11.6 Å². The van der Waals surface area contributed by atoms with E-state index in [1.165, 1.54) is 16.3 Å². The smallest absolute Gasteiger partial charge is 0.111 e. The molecule has 102 valence electrons. The van der Waals surface area contributed by atoms with Gasteiger partial charge >= 0.3 is 0 Å². The second-order valence-corrected chi connectivity index (χ2v) is 5.58. The molecule has 0 radical (unpaired) electrons. The van der Waals surface area contributed by atoms with Crippen molar-refractivity contribution >= 4 is 33.4 Å². The van der Waals surface area contributed by atoms with E-state index in [0.29, 0.717) is 5.02 Å². The molecule has 21 heavy (non-hydrogen) atoms. The molecule has 0 unspecified atom stereocenters. The van der Waals surface area contributed by atoms with Crippen LogP contribution in [0.1, 0.15) is 11.4 Å². The molecule has 3 heteroatoms. The van der Waals surface area contributed by atoms with Gasteiger partial charge in [0, 0.05) is 6.42 Å². The molecule has 1 N–H and O–H groups in total. The van der Waals surface area contributed by atoms with E-state index in [-0.39, 0.29) is 0 Å². The lowest BCUT2D eigenvalue weighted by Crippen LogP contribution is -1.90. The van der Waals surface area contributed by atoms with E-state index in [0.717, 1.165) is 23.3 Å². The van der Waals surface area contributed by atoms with Crippen LogP contribution in [0.5, 0.6) is 0 Å². The molecule has 3 aromatic carbocycles. The summed E-state index contributed by atoms with van der Waals surface area (Å²) in [6.45, 7) is 0. The third-order valence-electron chi connectivity index (χ3n) is 3.70. The molecule has 0 fully saturated rings. The topological polar surface area (TPSA) is 28.7 Å². The Hall–Kier alpha value is -2.32. The van der Waals surface area contributed by atoms with Gasteiger partial charge in [0.05, 0.1) is 10.5 Å². The highest BCUT2D eigenvalue weighted by atomic mass is 35.5. The molecule has 0 atom stereocenters. The third-order valence-corrected chi connectivity index (χ3v) is 4.00. The quantitative estimate of drug-likeness (QED) is 0.556. The zero-order valence-corrected chi connectivity index (χ0v) is 12.1. The van der Waals surface area contributed by atoms with Gasteiger partial charge in [-0.25, -0.2) is 4.98 Å². The van der Waals surface area contributed by atoms with Gasteiger partial charge in [0.25, 0.3) is 0 Å². The fraction of sp³-hybridized carbons (Fsp3) is 0.0556. The van der Waals surface area contributed by atoms with Crippen LogP contribution in [0.3, 0.4) is 0 Å². The van der Waals surface area contributed by atoms with Gasteiger partial charge in [0.15, 0.2) is 0 Å². The number of hydrogen-bond donors (Lipinski definition) is 1. The molecule has 0 spiro atoms. The van der Waals surface area contributed by atoms with Crippen LogP contribution in [0, 0.1) is 0 Å². The SMILES string of the molecule is Clc1cccc2[nH]c(Cc3ccc4ccccc4c3)nc12. The van der Waals surface area contributed by atoms with Crippen LogP contribution in [0.15, 0.2) is 60.7 Å². The van der Waals surface area contributed by atoms with Crippen molar-refractivity contribution in [3.8, 4) is 0 Å². The number of H-pyrrole nitrogens is 1. The van der Waals surface area contributed by atoms with Gasteiger partial charge in [-0.15, -0.1) is 0 Å². The van der Waals surface area contributed by atoms with E-state index in [1.807, 2.05) is 18.2 Å². The maximum atomic E-state index is 6.17. The van der Waals surface area contributed by atoms with Gasteiger partial charge in [0.1, 0.15) is 11.3 Å². The molecule has 1 aromatic heterocycles. The van der Waals surface area contributed by atoms with E-state index in [1.54, 1.807) is 0 Å². The van der Waals surface area contributed by atoms with Crippen molar-refractivity contribution in [1.82, 2.24) is 9.97 Å². The number of aromatic amines is 1. The summed E-state index contributed by atoms with van der Waals surface area (Å²) < 4.78 is 0. The van der Waals surface area contributed by atoms with Crippen LogP contribution < -0.4 is 0 Å². The van der Waals surface area contributed by atoms with Crippen LogP contribution in [-0.2, 0) is 6.42 Å². The number of rotatable bonds is 2. The molecule has 0 aliphatic rings. The first-order valence-electron chi connectivity index (χ1n) is 6.90. The molecule has 4 rings (SSSR count). The van der Waals surface area contributed by atoms with Gasteiger partial charge in [0.2, 0.25) is 0 Å². The van der Waals surface area contributed by atoms with Crippen LogP contribution in [-0.4, -0.2) is 9.97 Å². The number of aromatic nitrogens is 2. The highest BCUT2D eigenvalue weighted by Crippen LogP contribution is 2.23. The predicted molar refractivity (Wildman–Crippen MR) is 87.9 cm³/mol.